The van der Waals surface area contributed by atoms with Crippen molar-refractivity contribution in [2.75, 3.05) is 40.8 Å². The maximum absolute atomic E-state index is 13.9. The number of aromatic amines is 2. The van der Waals surface area contributed by atoms with E-state index < -0.39 is 12.1 Å². The summed E-state index contributed by atoms with van der Waals surface area (Å²) in [7, 11) is 5.12. The standard InChI is InChI=1S/C42H48N8O6/c1-6-13-49(37(51)21-45-42(53)54-5)22-35-43-19-31(46-35)27-15-29-24-56-34-18-28(16-30-25-55-33(17-27)38(29)39(30)34)32-20-44-36(47-32)23-50(14-7-2)41(52)40(48(3)4)26-11-9-8-10-12-26/h8-12,15-20,40H,6-7,13-14,21-25H2,1-5H3,(H,43,46)(H,44,47)(H,45,53). The molecule has 0 saturated heterocycles. The van der Waals surface area contributed by atoms with Gasteiger partial charge in [-0.05, 0) is 56.8 Å². The lowest BCUT2D eigenvalue weighted by atomic mass is 9.87. The van der Waals surface area contributed by atoms with E-state index in [1.54, 1.807) is 11.1 Å². The van der Waals surface area contributed by atoms with Crippen LogP contribution in [-0.2, 0) is 40.6 Å². The number of hydrogen-bond donors (Lipinski definition) is 3. The van der Waals surface area contributed by atoms with E-state index in [9.17, 15) is 14.4 Å². The van der Waals surface area contributed by atoms with Crippen LogP contribution in [0.2, 0.25) is 0 Å². The van der Waals surface area contributed by atoms with E-state index in [0.29, 0.717) is 44.5 Å². The topological polar surface area (TPSA) is 158 Å². The molecule has 2 aliphatic heterocycles. The van der Waals surface area contributed by atoms with Crippen LogP contribution in [0.1, 0.15) is 61.1 Å². The third kappa shape index (κ3) is 7.96. The number of imidazole rings is 2. The molecule has 14 heteroatoms. The van der Waals surface area contributed by atoms with Crippen molar-refractivity contribution in [1.82, 2.24) is 40.0 Å². The van der Waals surface area contributed by atoms with Crippen LogP contribution < -0.4 is 14.8 Å². The van der Waals surface area contributed by atoms with Crippen LogP contribution in [0, 0.1) is 0 Å². The van der Waals surface area contributed by atoms with E-state index in [2.05, 4.69) is 44.1 Å². The minimum absolute atomic E-state index is 0.0345. The SMILES string of the molecule is CCCN(Cc1ncc(-c2cc3c4c(c2)OCc2cc(-c5cnc(CN(CCC)C(=O)C(c6ccccc6)N(C)C)[nH]5)cc(c2-4)OC3)[nH]1)C(=O)CNC(=O)OC. The Balaban J connectivity index is 1.08. The molecule has 292 valence electrons. The molecule has 3 amide bonds. The highest BCUT2D eigenvalue weighted by atomic mass is 16.5. The van der Waals surface area contributed by atoms with Gasteiger partial charge in [-0.25, -0.2) is 14.8 Å². The molecule has 0 bridgehead atoms. The molecule has 7 rings (SSSR count). The van der Waals surface area contributed by atoms with Crippen LogP contribution in [0.5, 0.6) is 11.5 Å². The van der Waals surface area contributed by atoms with Crippen molar-refractivity contribution < 1.29 is 28.6 Å². The first-order chi connectivity index (χ1) is 27.2. The molecular formula is C42H48N8O6. The quantitative estimate of drug-likeness (QED) is 0.116. The van der Waals surface area contributed by atoms with Gasteiger partial charge in [-0.15, -0.1) is 0 Å². The second-order valence-corrected chi connectivity index (χ2v) is 14.3. The van der Waals surface area contributed by atoms with E-state index in [1.807, 2.05) is 79.5 Å². The Morgan fingerprint density at radius 1 is 0.804 bits per heavy atom. The van der Waals surface area contributed by atoms with E-state index >= 15 is 0 Å². The second kappa shape index (κ2) is 16.7. The monoisotopic (exact) mass is 760 g/mol. The Kier molecular flexibility index (Phi) is 11.4. The molecular weight excluding hydrogens is 713 g/mol. The number of nitrogens with one attached hydrogen (secondary N) is 3. The number of alkyl carbamates (subject to hydrolysis) is 1. The van der Waals surface area contributed by atoms with Crippen LogP contribution in [-0.4, -0.2) is 93.4 Å². The molecule has 3 aromatic carbocycles. The Labute approximate surface area is 326 Å². The molecule has 4 heterocycles. The number of likely N-dealkylation sites (N-methyl/N-ethyl adjacent to an activating group) is 1. The molecule has 2 aliphatic rings. The predicted octanol–water partition coefficient (Wildman–Crippen LogP) is 6.05. The van der Waals surface area contributed by atoms with Crippen molar-refractivity contribution in [3.8, 4) is 45.1 Å². The first kappa shape index (κ1) is 38.1. The fourth-order valence-corrected chi connectivity index (χ4v) is 7.43. The van der Waals surface area contributed by atoms with Gasteiger partial charge in [0.2, 0.25) is 11.8 Å². The first-order valence-corrected chi connectivity index (χ1v) is 18.9. The van der Waals surface area contributed by atoms with Crippen molar-refractivity contribution in [2.45, 2.75) is 59.0 Å². The summed E-state index contributed by atoms with van der Waals surface area (Å²) >= 11 is 0. The predicted molar refractivity (Wildman–Crippen MR) is 210 cm³/mol. The normalized spacial score (nSPS) is 13.0. The largest absolute Gasteiger partial charge is 0.488 e. The highest BCUT2D eigenvalue weighted by Gasteiger charge is 2.31. The summed E-state index contributed by atoms with van der Waals surface area (Å²) in [6.45, 7) is 6.38. The number of methoxy groups -OCH3 is 1. The fraction of sp³-hybridized carbons (Fsp3) is 0.357. The van der Waals surface area contributed by atoms with Gasteiger partial charge in [-0.1, -0.05) is 44.2 Å². The summed E-state index contributed by atoms with van der Waals surface area (Å²) in [5.41, 5.74) is 8.46. The molecule has 14 nitrogen and oxygen atoms in total. The number of ether oxygens (including phenoxy) is 3. The van der Waals surface area contributed by atoms with Gasteiger partial charge in [0.05, 0.1) is 44.0 Å². The number of benzene rings is 3. The third-order valence-electron chi connectivity index (χ3n) is 10.0. The maximum Gasteiger partial charge on any atom is 0.407 e. The molecule has 5 aromatic rings. The lowest BCUT2D eigenvalue weighted by Gasteiger charge is -2.30. The summed E-state index contributed by atoms with van der Waals surface area (Å²) in [4.78, 5) is 59.8. The number of H-pyrrole nitrogens is 2. The van der Waals surface area contributed by atoms with E-state index in [-0.39, 0.29) is 24.9 Å². The van der Waals surface area contributed by atoms with Crippen LogP contribution in [0.3, 0.4) is 0 Å². The molecule has 0 spiro atoms. The highest BCUT2D eigenvalue weighted by Crippen LogP contribution is 2.50. The Morgan fingerprint density at radius 2 is 1.34 bits per heavy atom. The first-order valence-electron chi connectivity index (χ1n) is 18.9. The molecule has 0 radical (unpaired) electrons. The summed E-state index contributed by atoms with van der Waals surface area (Å²) < 4.78 is 17.4. The van der Waals surface area contributed by atoms with Gasteiger partial charge in [0.15, 0.2) is 0 Å². The second-order valence-electron chi connectivity index (χ2n) is 14.3. The average molecular weight is 761 g/mol. The van der Waals surface area contributed by atoms with Crippen molar-refractivity contribution in [3.63, 3.8) is 0 Å². The molecule has 0 saturated carbocycles. The molecule has 1 unspecified atom stereocenters. The molecule has 1 atom stereocenters. The number of amides is 3. The van der Waals surface area contributed by atoms with E-state index in [4.69, 9.17) is 14.5 Å². The van der Waals surface area contributed by atoms with E-state index in [1.165, 1.54) is 7.11 Å². The zero-order valence-corrected chi connectivity index (χ0v) is 32.5. The van der Waals surface area contributed by atoms with Crippen molar-refractivity contribution in [1.29, 1.82) is 0 Å². The van der Waals surface area contributed by atoms with Crippen molar-refractivity contribution in [3.05, 3.63) is 95.3 Å². The lowest BCUT2D eigenvalue weighted by Crippen LogP contribution is -2.40. The van der Waals surface area contributed by atoms with Gasteiger partial charge in [-0.2, -0.15) is 0 Å². The number of carbonyl (C=O) groups is 3. The van der Waals surface area contributed by atoms with Gasteiger partial charge in [0.1, 0.15) is 48.9 Å². The summed E-state index contributed by atoms with van der Waals surface area (Å²) in [5.74, 6) is 2.69. The lowest BCUT2D eigenvalue weighted by molar-refractivity contribution is -0.137. The van der Waals surface area contributed by atoms with Crippen molar-refractivity contribution in [2.24, 2.45) is 0 Å². The van der Waals surface area contributed by atoms with Gasteiger partial charge < -0.3 is 39.3 Å². The van der Waals surface area contributed by atoms with Crippen LogP contribution in [0.25, 0.3) is 33.6 Å². The Hall–Kier alpha value is -6.15. The summed E-state index contributed by atoms with van der Waals surface area (Å²) in [5, 5.41) is 2.45. The van der Waals surface area contributed by atoms with Crippen molar-refractivity contribution >= 4 is 17.9 Å². The molecule has 0 aliphatic carbocycles. The number of nitrogens with zero attached hydrogens (tertiary/aromatic N) is 5. The molecule has 3 N–H and O–H groups in total. The highest BCUT2D eigenvalue weighted by molar-refractivity contribution is 5.88. The minimum atomic E-state index is -0.655. The van der Waals surface area contributed by atoms with Gasteiger partial charge in [0, 0.05) is 46.5 Å². The molecule has 2 aromatic heterocycles. The van der Waals surface area contributed by atoms with Gasteiger partial charge in [-0.3, -0.25) is 14.5 Å². The summed E-state index contributed by atoms with van der Waals surface area (Å²) in [6.07, 6.45) is 4.49. The number of carbonyl (C=O) groups excluding carboxylic acids is 3. The average Bonchev–Trinajstić information content (AvgIpc) is 3.89. The fourth-order valence-electron chi connectivity index (χ4n) is 7.43. The maximum atomic E-state index is 13.9. The third-order valence-corrected chi connectivity index (χ3v) is 10.0. The number of aromatic nitrogens is 4. The minimum Gasteiger partial charge on any atom is -0.488 e. The van der Waals surface area contributed by atoms with Gasteiger partial charge in [0.25, 0.3) is 0 Å². The Bertz CT molecular complexity index is 2160. The smallest absolute Gasteiger partial charge is 0.407 e. The molecule has 0 fully saturated rings. The number of rotatable bonds is 15. The van der Waals surface area contributed by atoms with Crippen LogP contribution >= 0.6 is 0 Å². The zero-order chi connectivity index (χ0) is 39.3. The Morgan fingerprint density at radius 3 is 1.86 bits per heavy atom. The van der Waals surface area contributed by atoms with Crippen LogP contribution in [0.15, 0.2) is 67.0 Å². The zero-order valence-electron chi connectivity index (χ0n) is 32.5. The van der Waals surface area contributed by atoms with Crippen LogP contribution in [0.4, 0.5) is 4.79 Å². The number of hydrogen-bond acceptors (Lipinski definition) is 9. The molecule has 56 heavy (non-hydrogen) atoms. The summed E-state index contributed by atoms with van der Waals surface area (Å²) in [6, 6.07) is 17.7. The van der Waals surface area contributed by atoms with E-state index in [0.717, 1.165) is 74.7 Å². The van der Waals surface area contributed by atoms with Gasteiger partial charge >= 0.3 is 6.09 Å².